The highest BCUT2D eigenvalue weighted by Gasteiger charge is 2.47. The average molecular weight is 306 g/mol. The van der Waals surface area contributed by atoms with Crippen molar-refractivity contribution in [3.8, 4) is 0 Å². The number of carbonyl (C=O) groups excluding carboxylic acids is 1. The third-order valence-corrected chi connectivity index (χ3v) is 4.19. The van der Waals surface area contributed by atoms with Gasteiger partial charge in [0.1, 0.15) is 0 Å². The number of hydrogen-bond acceptors (Lipinski definition) is 3. The van der Waals surface area contributed by atoms with Gasteiger partial charge in [-0.3, -0.25) is 0 Å². The van der Waals surface area contributed by atoms with E-state index in [2.05, 4.69) is 0 Å². The topological polar surface area (TPSA) is 70.1 Å². The second-order valence-corrected chi connectivity index (χ2v) is 5.61. The highest BCUT2D eigenvalue weighted by Crippen LogP contribution is 2.26. The molecule has 1 atom stereocenters. The number of nitrogens with zero attached hydrogens (tertiary/aromatic N) is 2. The lowest BCUT2D eigenvalue weighted by molar-refractivity contribution is -0.160. The van der Waals surface area contributed by atoms with E-state index in [9.17, 15) is 14.7 Å². The van der Waals surface area contributed by atoms with Crippen LogP contribution in [0, 0.1) is 0 Å². The molecule has 6 nitrogen and oxygen atoms in total. The molecule has 6 heteroatoms. The van der Waals surface area contributed by atoms with Crippen molar-refractivity contribution >= 4 is 12.0 Å². The van der Waals surface area contributed by atoms with Crippen LogP contribution in [-0.4, -0.2) is 66.3 Å². The van der Waals surface area contributed by atoms with Crippen LogP contribution in [0.1, 0.15) is 12.0 Å². The fraction of sp³-hybridized carbons (Fsp3) is 0.500. The zero-order chi connectivity index (χ0) is 16.2. The Bertz CT molecular complexity index is 534. The molecule has 1 unspecified atom stereocenters. The lowest BCUT2D eigenvalue weighted by Gasteiger charge is -2.26. The molecule has 1 aliphatic rings. The molecule has 22 heavy (non-hydrogen) atoms. The monoisotopic (exact) mass is 306 g/mol. The van der Waals surface area contributed by atoms with Gasteiger partial charge in [0, 0.05) is 33.7 Å². The van der Waals surface area contributed by atoms with Crippen LogP contribution in [0.15, 0.2) is 30.3 Å². The van der Waals surface area contributed by atoms with Crippen LogP contribution >= 0.6 is 0 Å². The van der Waals surface area contributed by atoms with E-state index < -0.39 is 11.6 Å². The number of likely N-dealkylation sites (tertiary alicyclic amines) is 1. The third kappa shape index (κ3) is 3.39. The zero-order valence-corrected chi connectivity index (χ0v) is 13.0. The van der Waals surface area contributed by atoms with Crippen LogP contribution < -0.4 is 0 Å². The van der Waals surface area contributed by atoms with Gasteiger partial charge < -0.3 is 19.6 Å². The fourth-order valence-electron chi connectivity index (χ4n) is 2.65. The van der Waals surface area contributed by atoms with Crippen molar-refractivity contribution in [3.05, 3.63) is 35.9 Å². The number of benzene rings is 1. The van der Waals surface area contributed by atoms with E-state index in [1.54, 1.807) is 16.8 Å². The normalized spacial score (nSPS) is 20.9. The standard InChI is InChI=1S/C16H22N2O4/c1-17(10-8-13-6-4-3-5-7-13)15(21)18-11-9-16(12-18,22-2)14(19)20/h3-7H,8-12H2,1-2H3,(H,19,20). The molecule has 2 amide bonds. The van der Waals surface area contributed by atoms with Crippen molar-refractivity contribution in [2.45, 2.75) is 18.4 Å². The Morgan fingerprint density at radius 3 is 2.59 bits per heavy atom. The average Bonchev–Trinajstić information content (AvgIpc) is 2.99. The van der Waals surface area contributed by atoms with Crippen molar-refractivity contribution < 1.29 is 19.4 Å². The first-order valence-electron chi connectivity index (χ1n) is 7.31. The van der Waals surface area contributed by atoms with E-state index in [0.29, 0.717) is 19.5 Å². The van der Waals surface area contributed by atoms with Crippen molar-refractivity contribution in [3.63, 3.8) is 0 Å². The number of aliphatic carboxylic acids is 1. The van der Waals surface area contributed by atoms with Crippen molar-refractivity contribution in [2.75, 3.05) is 33.8 Å². The van der Waals surface area contributed by atoms with Crippen molar-refractivity contribution in [2.24, 2.45) is 0 Å². The second-order valence-electron chi connectivity index (χ2n) is 5.61. The molecule has 1 saturated heterocycles. The van der Waals surface area contributed by atoms with Gasteiger partial charge in [-0.15, -0.1) is 0 Å². The maximum absolute atomic E-state index is 12.4. The molecule has 120 valence electrons. The smallest absolute Gasteiger partial charge is 0.337 e. The molecule has 1 aromatic rings. The van der Waals surface area contributed by atoms with E-state index in [1.165, 1.54) is 12.7 Å². The van der Waals surface area contributed by atoms with Crippen molar-refractivity contribution in [1.29, 1.82) is 0 Å². The van der Waals surface area contributed by atoms with E-state index in [-0.39, 0.29) is 12.6 Å². The minimum absolute atomic E-state index is 0.0906. The number of likely N-dealkylation sites (N-methyl/N-ethyl adjacent to an activating group) is 1. The molecule has 1 fully saturated rings. The van der Waals surface area contributed by atoms with Gasteiger partial charge in [-0.05, 0) is 12.0 Å². The summed E-state index contributed by atoms with van der Waals surface area (Å²) in [7, 11) is 3.11. The summed E-state index contributed by atoms with van der Waals surface area (Å²) < 4.78 is 5.14. The first-order chi connectivity index (χ1) is 10.5. The Hall–Kier alpha value is -2.08. The summed E-state index contributed by atoms with van der Waals surface area (Å²) in [5.74, 6) is -1.02. The lowest BCUT2D eigenvalue weighted by Crippen LogP contribution is -2.47. The largest absolute Gasteiger partial charge is 0.479 e. The predicted molar refractivity (Wildman–Crippen MR) is 81.7 cm³/mol. The van der Waals surface area contributed by atoms with Crippen LogP contribution in [0.5, 0.6) is 0 Å². The highest BCUT2D eigenvalue weighted by molar-refractivity contribution is 5.81. The molecular weight excluding hydrogens is 284 g/mol. The zero-order valence-electron chi connectivity index (χ0n) is 13.0. The first-order valence-corrected chi connectivity index (χ1v) is 7.31. The minimum atomic E-state index is -1.27. The molecule has 0 aromatic heterocycles. The number of urea groups is 1. The summed E-state index contributed by atoms with van der Waals surface area (Å²) >= 11 is 0. The van der Waals surface area contributed by atoms with Gasteiger partial charge >= 0.3 is 12.0 Å². The molecule has 1 N–H and O–H groups in total. The van der Waals surface area contributed by atoms with E-state index >= 15 is 0 Å². The second kappa shape index (κ2) is 6.79. The van der Waals surface area contributed by atoms with Gasteiger partial charge in [0.15, 0.2) is 5.60 Å². The maximum atomic E-state index is 12.4. The van der Waals surface area contributed by atoms with E-state index in [0.717, 1.165) is 6.42 Å². The molecule has 1 aliphatic heterocycles. The molecule has 1 aromatic carbocycles. The number of amides is 2. The third-order valence-electron chi connectivity index (χ3n) is 4.19. The number of hydrogen-bond donors (Lipinski definition) is 1. The number of carboxylic acids is 1. The Balaban J connectivity index is 1.90. The summed E-state index contributed by atoms with van der Waals surface area (Å²) in [4.78, 5) is 26.9. The Morgan fingerprint density at radius 2 is 2.05 bits per heavy atom. The SMILES string of the molecule is COC1(C(=O)O)CCN(C(=O)N(C)CCc2ccccc2)C1. The minimum Gasteiger partial charge on any atom is -0.479 e. The van der Waals surface area contributed by atoms with Crippen molar-refractivity contribution in [1.82, 2.24) is 9.80 Å². The predicted octanol–water partition coefficient (Wildman–Crippen LogP) is 1.46. The summed E-state index contributed by atoms with van der Waals surface area (Å²) in [6.45, 7) is 1.08. The number of carbonyl (C=O) groups is 2. The van der Waals surface area contributed by atoms with Crippen LogP contribution in [0.3, 0.4) is 0 Å². The Morgan fingerprint density at radius 1 is 1.36 bits per heavy atom. The quantitative estimate of drug-likeness (QED) is 0.894. The molecule has 0 aliphatic carbocycles. The van der Waals surface area contributed by atoms with Gasteiger partial charge in [-0.2, -0.15) is 0 Å². The van der Waals surface area contributed by atoms with Gasteiger partial charge in [0.2, 0.25) is 0 Å². The van der Waals surface area contributed by atoms with Crippen LogP contribution in [0.4, 0.5) is 4.79 Å². The molecule has 2 rings (SSSR count). The Kier molecular flexibility index (Phi) is 5.03. The number of ether oxygens (including phenoxy) is 1. The van der Waals surface area contributed by atoms with Gasteiger partial charge in [0.05, 0.1) is 6.54 Å². The summed E-state index contributed by atoms with van der Waals surface area (Å²) in [6.07, 6.45) is 1.09. The summed E-state index contributed by atoms with van der Waals surface area (Å²) in [6, 6.07) is 9.78. The maximum Gasteiger partial charge on any atom is 0.337 e. The lowest BCUT2D eigenvalue weighted by atomic mass is 10.0. The first kappa shape index (κ1) is 16.3. The van der Waals surface area contributed by atoms with Crippen LogP contribution in [-0.2, 0) is 16.0 Å². The van der Waals surface area contributed by atoms with E-state index in [4.69, 9.17) is 4.74 Å². The molecule has 0 spiro atoms. The number of carboxylic acid groups (broad SMARTS) is 1. The summed E-state index contributed by atoms with van der Waals surface area (Å²) in [5, 5.41) is 9.28. The van der Waals surface area contributed by atoms with Gasteiger partial charge in [0.25, 0.3) is 0 Å². The number of rotatable bonds is 5. The van der Waals surface area contributed by atoms with Gasteiger partial charge in [-0.25, -0.2) is 9.59 Å². The van der Waals surface area contributed by atoms with Crippen LogP contribution in [0.25, 0.3) is 0 Å². The summed E-state index contributed by atoms with van der Waals surface area (Å²) in [5.41, 5.74) is -0.101. The molecular formula is C16H22N2O4. The highest BCUT2D eigenvalue weighted by atomic mass is 16.5. The molecule has 1 heterocycles. The Labute approximate surface area is 130 Å². The molecule has 0 radical (unpaired) electrons. The van der Waals surface area contributed by atoms with Gasteiger partial charge in [-0.1, -0.05) is 30.3 Å². The molecule has 0 bridgehead atoms. The number of methoxy groups -OCH3 is 1. The van der Waals surface area contributed by atoms with E-state index in [1.807, 2.05) is 30.3 Å². The van der Waals surface area contributed by atoms with Crippen LogP contribution in [0.2, 0.25) is 0 Å². The fourth-order valence-corrected chi connectivity index (χ4v) is 2.65. The molecule has 0 saturated carbocycles.